The van der Waals surface area contributed by atoms with Gasteiger partial charge in [0, 0.05) is 25.0 Å². The molecule has 1 atom stereocenters. The monoisotopic (exact) mass is 311 g/mol. The van der Waals surface area contributed by atoms with Crippen molar-refractivity contribution in [3.8, 4) is 0 Å². The van der Waals surface area contributed by atoms with Crippen molar-refractivity contribution < 1.29 is 4.79 Å². The van der Waals surface area contributed by atoms with Crippen LogP contribution in [0, 0.1) is 6.92 Å². The fourth-order valence-electron chi connectivity index (χ4n) is 3.41. The van der Waals surface area contributed by atoms with Gasteiger partial charge in [-0.1, -0.05) is 30.3 Å². The molecule has 1 aliphatic heterocycles. The van der Waals surface area contributed by atoms with E-state index < -0.39 is 0 Å². The molecule has 0 radical (unpaired) electrons. The number of hydrogen-bond donors (Lipinski definition) is 0. The molecule has 0 unspecified atom stereocenters. The second kappa shape index (κ2) is 7.44. The fraction of sp³-hybridized carbons (Fsp3) is 0.474. The molecule has 4 heteroatoms. The summed E-state index contributed by atoms with van der Waals surface area (Å²) < 4.78 is 1.94. The molecule has 0 saturated carbocycles. The molecule has 0 bridgehead atoms. The Morgan fingerprint density at radius 2 is 2.09 bits per heavy atom. The zero-order chi connectivity index (χ0) is 16.1. The summed E-state index contributed by atoms with van der Waals surface area (Å²) in [5, 5.41) is 0. The first-order valence-corrected chi connectivity index (χ1v) is 8.55. The minimum Gasteiger partial charge on any atom is -0.338 e. The largest absolute Gasteiger partial charge is 0.338 e. The number of likely N-dealkylation sites (tertiary alicyclic amines) is 1. The Morgan fingerprint density at radius 1 is 1.26 bits per heavy atom. The van der Waals surface area contributed by atoms with Gasteiger partial charge >= 0.3 is 0 Å². The topological polar surface area (TPSA) is 38.1 Å². The Bertz CT molecular complexity index is 635. The summed E-state index contributed by atoms with van der Waals surface area (Å²) in [6.07, 6.45) is 9.21. The van der Waals surface area contributed by atoms with E-state index in [9.17, 15) is 4.79 Å². The van der Waals surface area contributed by atoms with Crippen LogP contribution in [0.15, 0.2) is 42.7 Å². The van der Waals surface area contributed by atoms with E-state index in [1.54, 1.807) is 6.20 Å². The van der Waals surface area contributed by atoms with Crippen LogP contribution in [0.4, 0.5) is 0 Å². The highest BCUT2D eigenvalue weighted by Crippen LogP contribution is 2.22. The molecule has 0 aliphatic carbocycles. The Labute approximate surface area is 138 Å². The Balaban J connectivity index is 1.61. The first-order chi connectivity index (χ1) is 11.2. The standard InChI is InChI=1S/C19H25N3O/c1-16-20-12-14-21(16)15-19(23)22-13-6-5-9-18(22)11-10-17-7-3-2-4-8-17/h2-4,7-8,12,14,18H,5-6,9-11,13,15H2,1H3/t18-/m0/s1. The zero-order valence-corrected chi connectivity index (χ0v) is 13.8. The number of aryl methyl sites for hydroxylation is 2. The number of piperidine rings is 1. The molecule has 4 nitrogen and oxygen atoms in total. The molecule has 2 aromatic rings. The first kappa shape index (κ1) is 15.8. The smallest absolute Gasteiger partial charge is 0.242 e. The van der Waals surface area contributed by atoms with Crippen molar-refractivity contribution in [1.29, 1.82) is 0 Å². The molecule has 1 amide bonds. The van der Waals surface area contributed by atoms with Gasteiger partial charge < -0.3 is 9.47 Å². The summed E-state index contributed by atoms with van der Waals surface area (Å²) in [6.45, 7) is 3.25. The van der Waals surface area contributed by atoms with E-state index in [2.05, 4.69) is 34.1 Å². The molecule has 23 heavy (non-hydrogen) atoms. The predicted molar refractivity (Wildman–Crippen MR) is 91.1 cm³/mol. The van der Waals surface area contributed by atoms with E-state index in [0.29, 0.717) is 12.6 Å². The minimum absolute atomic E-state index is 0.226. The third kappa shape index (κ3) is 4.01. The van der Waals surface area contributed by atoms with Crippen LogP contribution in [0.25, 0.3) is 0 Å². The number of hydrogen-bond acceptors (Lipinski definition) is 2. The maximum absolute atomic E-state index is 12.7. The van der Waals surface area contributed by atoms with Crippen molar-refractivity contribution >= 4 is 5.91 Å². The van der Waals surface area contributed by atoms with Gasteiger partial charge in [-0.15, -0.1) is 0 Å². The number of carbonyl (C=O) groups excluding carboxylic acids is 1. The van der Waals surface area contributed by atoms with Crippen LogP contribution in [0.5, 0.6) is 0 Å². The van der Waals surface area contributed by atoms with E-state index in [4.69, 9.17) is 0 Å². The SMILES string of the molecule is Cc1nccn1CC(=O)N1CCCC[C@H]1CCc1ccccc1. The van der Waals surface area contributed by atoms with Crippen molar-refractivity contribution in [3.05, 3.63) is 54.1 Å². The molecular formula is C19H25N3O. The maximum Gasteiger partial charge on any atom is 0.242 e. The van der Waals surface area contributed by atoms with Crippen LogP contribution < -0.4 is 0 Å². The maximum atomic E-state index is 12.7. The summed E-state index contributed by atoms with van der Waals surface area (Å²) in [5.74, 6) is 1.13. The zero-order valence-electron chi connectivity index (χ0n) is 13.8. The van der Waals surface area contributed by atoms with Crippen LogP contribution in [-0.4, -0.2) is 32.9 Å². The fourth-order valence-corrected chi connectivity index (χ4v) is 3.41. The summed E-state index contributed by atoms with van der Waals surface area (Å²) in [6, 6.07) is 10.9. The Kier molecular flexibility index (Phi) is 5.11. The predicted octanol–water partition coefficient (Wildman–Crippen LogP) is 3.21. The normalized spacial score (nSPS) is 18.1. The Morgan fingerprint density at radius 3 is 2.83 bits per heavy atom. The quantitative estimate of drug-likeness (QED) is 0.850. The minimum atomic E-state index is 0.226. The van der Waals surface area contributed by atoms with Crippen LogP contribution >= 0.6 is 0 Å². The lowest BCUT2D eigenvalue weighted by Crippen LogP contribution is -2.45. The first-order valence-electron chi connectivity index (χ1n) is 8.55. The molecule has 1 fully saturated rings. The van der Waals surface area contributed by atoms with Gasteiger partial charge in [0.15, 0.2) is 0 Å². The number of amides is 1. The molecule has 2 heterocycles. The molecule has 1 saturated heterocycles. The van der Waals surface area contributed by atoms with Crippen LogP contribution in [0.1, 0.15) is 37.1 Å². The Hall–Kier alpha value is -2.10. The summed E-state index contributed by atoms with van der Waals surface area (Å²) in [4.78, 5) is 19.0. The van der Waals surface area contributed by atoms with Gasteiger partial charge in [-0.2, -0.15) is 0 Å². The molecule has 122 valence electrons. The van der Waals surface area contributed by atoms with Gasteiger partial charge in [0.05, 0.1) is 0 Å². The van der Waals surface area contributed by atoms with Crippen LogP contribution in [0.2, 0.25) is 0 Å². The van der Waals surface area contributed by atoms with Crippen molar-refractivity contribution in [2.75, 3.05) is 6.54 Å². The molecule has 1 aliphatic rings. The van der Waals surface area contributed by atoms with Crippen molar-refractivity contribution in [3.63, 3.8) is 0 Å². The van der Waals surface area contributed by atoms with Gasteiger partial charge in [0.25, 0.3) is 0 Å². The van der Waals surface area contributed by atoms with Crippen LogP contribution in [0.3, 0.4) is 0 Å². The van der Waals surface area contributed by atoms with E-state index in [1.807, 2.05) is 23.8 Å². The lowest BCUT2D eigenvalue weighted by Gasteiger charge is -2.36. The molecule has 3 rings (SSSR count). The summed E-state index contributed by atoms with van der Waals surface area (Å²) >= 11 is 0. The van der Waals surface area contributed by atoms with Gasteiger partial charge in [0.1, 0.15) is 12.4 Å². The van der Waals surface area contributed by atoms with Crippen LogP contribution in [-0.2, 0) is 17.8 Å². The highest BCUT2D eigenvalue weighted by atomic mass is 16.2. The van der Waals surface area contributed by atoms with Gasteiger partial charge in [-0.25, -0.2) is 4.98 Å². The summed E-state index contributed by atoms with van der Waals surface area (Å²) in [5.41, 5.74) is 1.36. The van der Waals surface area contributed by atoms with E-state index in [0.717, 1.165) is 38.1 Å². The number of benzene rings is 1. The molecular weight excluding hydrogens is 286 g/mol. The van der Waals surface area contributed by atoms with Gasteiger partial charge in [0.2, 0.25) is 5.91 Å². The highest BCUT2D eigenvalue weighted by molar-refractivity contribution is 5.76. The average molecular weight is 311 g/mol. The van der Waals surface area contributed by atoms with E-state index in [1.165, 1.54) is 12.0 Å². The number of rotatable bonds is 5. The molecule has 0 N–H and O–H groups in total. The second-order valence-electron chi connectivity index (χ2n) is 6.36. The molecule has 0 spiro atoms. The number of carbonyl (C=O) groups is 1. The van der Waals surface area contributed by atoms with Crippen molar-refractivity contribution in [1.82, 2.24) is 14.5 Å². The van der Waals surface area contributed by atoms with Gasteiger partial charge in [-0.3, -0.25) is 4.79 Å². The second-order valence-corrected chi connectivity index (χ2v) is 6.36. The lowest BCUT2D eigenvalue weighted by molar-refractivity contribution is -0.135. The number of imidazole rings is 1. The lowest BCUT2D eigenvalue weighted by atomic mass is 9.95. The third-order valence-corrected chi connectivity index (χ3v) is 4.79. The van der Waals surface area contributed by atoms with E-state index >= 15 is 0 Å². The van der Waals surface area contributed by atoms with Crippen molar-refractivity contribution in [2.24, 2.45) is 0 Å². The van der Waals surface area contributed by atoms with E-state index in [-0.39, 0.29) is 5.91 Å². The average Bonchev–Trinajstić information content (AvgIpc) is 2.99. The number of aromatic nitrogens is 2. The van der Waals surface area contributed by atoms with Crippen molar-refractivity contribution in [2.45, 2.75) is 51.6 Å². The molecule has 1 aromatic carbocycles. The molecule has 1 aromatic heterocycles. The number of nitrogens with zero attached hydrogens (tertiary/aromatic N) is 3. The van der Waals surface area contributed by atoms with Gasteiger partial charge in [-0.05, 0) is 44.6 Å². The third-order valence-electron chi connectivity index (χ3n) is 4.79. The highest BCUT2D eigenvalue weighted by Gasteiger charge is 2.26. The summed E-state index contributed by atoms with van der Waals surface area (Å²) in [7, 11) is 0.